The smallest absolute Gasteiger partial charge is 0.253 e. The Labute approximate surface area is 106 Å². The van der Waals surface area contributed by atoms with Crippen LogP contribution in [0.1, 0.15) is 13.3 Å². The van der Waals surface area contributed by atoms with Crippen molar-refractivity contribution >= 4 is 22.5 Å². The van der Waals surface area contributed by atoms with Crippen LogP contribution in [0, 0.1) is 0 Å². The van der Waals surface area contributed by atoms with Crippen LogP contribution in [0.5, 0.6) is 0 Å². The van der Waals surface area contributed by atoms with Crippen LogP contribution in [-0.2, 0) is 9.53 Å². The molecule has 0 aliphatic rings. The third-order valence-corrected chi connectivity index (χ3v) is 2.84. The third-order valence-electron chi connectivity index (χ3n) is 2.84. The number of anilines is 1. The topological polar surface area (TPSA) is 51.2 Å². The van der Waals surface area contributed by atoms with E-state index in [4.69, 9.17) is 4.74 Å². The maximum atomic E-state index is 12.0. The lowest BCUT2D eigenvalue weighted by Crippen LogP contribution is -2.28. The van der Waals surface area contributed by atoms with Gasteiger partial charge in [-0.1, -0.05) is 25.1 Å². The van der Waals surface area contributed by atoms with Crippen LogP contribution in [0.15, 0.2) is 36.5 Å². The van der Waals surface area contributed by atoms with E-state index in [2.05, 4.69) is 10.3 Å². The van der Waals surface area contributed by atoms with E-state index >= 15 is 0 Å². The highest BCUT2D eigenvalue weighted by atomic mass is 16.5. The molecule has 0 spiro atoms. The van der Waals surface area contributed by atoms with Crippen molar-refractivity contribution in [3.05, 3.63) is 36.5 Å². The van der Waals surface area contributed by atoms with Crippen molar-refractivity contribution in [3.63, 3.8) is 0 Å². The number of hydrogen-bond donors (Lipinski definition) is 1. The molecule has 0 saturated carbocycles. The molecule has 1 aromatic heterocycles. The maximum Gasteiger partial charge on any atom is 0.253 e. The Kier molecular flexibility index (Phi) is 3.89. The minimum absolute atomic E-state index is 0.141. The predicted molar refractivity (Wildman–Crippen MR) is 71.5 cm³/mol. The van der Waals surface area contributed by atoms with Gasteiger partial charge in [-0.25, -0.2) is 0 Å². The highest BCUT2D eigenvalue weighted by molar-refractivity contribution is 6.01. The summed E-state index contributed by atoms with van der Waals surface area (Å²) in [7, 11) is 1.54. The number of hydrogen-bond acceptors (Lipinski definition) is 3. The van der Waals surface area contributed by atoms with E-state index < -0.39 is 6.10 Å². The summed E-state index contributed by atoms with van der Waals surface area (Å²) in [5.41, 5.74) is 1.51. The van der Waals surface area contributed by atoms with Gasteiger partial charge in [-0.15, -0.1) is 0 Å². The number of para-hydroxylation sites is 1. The molecule has 0 fully saturated rings. The van der Waals surface area contributed by atoms with Gasteiger partial charge in [0.1, 0.15) is 6.10 Å². The third kappa shape index (κ3) is 2.49. The Morgan fingerprint density at radius 1 is 1.39 bits per heavy atom. The zero-order valence-corrected chi connectivity index (χ0v) is 10.5. The molecule has 2 rings (SSSR count). The molecule has 1 aromatic carbocycles. The van der Waals surface area contributed by atoms with Gasteiger partial charge in [0.15, 0.2) is 0 Å². The summed E-state index contributed by atoms with van der Waals surface area (Å²) >= 11 is 0. The number of nitrogens with one attached hydrogen (secondary N) is 1. The second-order valence-electron chi connectivity index (χ2n) is 4.00. The number of carbonyl (C=O) groups excluding carboxylic acids is 1. The summed E-state index contributed by atoms with van der Waals surface area (Å²) in [4.78, 5) is 16.2. The number of pyridine rings is 1. The van der Waals surface area contributed by atoms with Gasteiger partial charge < -0.3 is 10.1 Å². The fourth-order valence-corrected chi connectivity index (χ4v) is 1.88. The first kappa shape index (κ1) is 12.5. The minimum Gasteiger partial charge on any atom is -0.372 e. The van der Waals surface area contributed by atoms with Crippen molar-refractivity contribution in [1.29, 1.82) is 0 Å². The standard InChI is InChI=1S/C14H16N2O2/c1-3-12(18-2)14(17)16-11-8-4-6-10-7-5-9-15-13(10)11/h4-9,12H,3H2,1-2H3,(H,16,17)/t12-/m0/s1. The predicted octanol–water partition coefficient (Wildman–Crippen LogP) is 2.60. The summed E-state index contributed by atoms with van der Waals surface area (Å²) in [6.07, 6.45) is 1.93. The minimum atomic E-state index is -0.427. The molecule has 0 aliphatic heterocycles. The Bertz CT molecular complexity index is 545. The monoisotopic (exact) mass is 244 g/mol. The van der Waals surface area contributed by atoms with Crippen LogP contribution >= 0.6 is 0 Å². The maximum absolute atomic E-state index is 12.0. The molecule has 0 aliphatic carbocycles. The first-order chi connectivity index (χ1) is 8.76. The Morgan fingerprint density at radius 3 is 2.89 bits per heavy atom. The van der Waals surface area contributed by atoms with Crippen LogP contribution in [0.4, 0.5) is 5.69 Å². The number of aromatic nitrogens is 1. The second kappa shape index (κ2) is 5.60. The van der Waals surface area contributed by atoms with Crippen LogP contribution in [0.2, 0.25) is 0 Å². The SMILES string of the molecule is CC[C@H](OC)C(=O)Nc1cccc2cccnc12. The molecule has 0 bridgehead atoms. The van der Waals surface area contributed by atoms with Gasteiger partial charge in [0.2, 0.25) is 0 Å². The van der Waals surface area contributed by atoms with Crippen LogP contribution in [0.3, 0.4) is 0 Å². The molecule has 94 valence electrons. The molecule has 1 N–H and O–H groups in total. The molecule has 1 heterocycles. The van der Waals surface area contributed by atoms with Crippen LogP contribution in [0.25, 0.3) is 10.9 Å². The lowest BCUT2D eigenvalue weighted by atomic mass is 10.2. The summed E-state index contributed by atoms with van der Waals surface area (Å²) in [6.45, 7) is 1.91. The van der Waals surface area contributed by atoms with Crippen LogP contribution in [-0.4, -0.2) is 24.1 Å². The molecule has 2 aromatic rings. The highest BCUT2D eigenvalue weighted by Gasteiger charge is 2.16. The summed E-state index contributed by atoms with van der Waals surface area (Å²) in [6, 6.07) is 9.54. The van der Waals surface area contributed by atoms with E-state index in [0.29, 0.717) is 12.1 Å². The van der Waals surface area contributed by atoms with E-state index in [-0.39, 0.29) is 5.91 Å². The van der Waals surface area contributed by atoms with Crippen LogP contribution < -0.4 is 5.32 Å². The number of amides is 1. The fourth-order valence-electron chi connectivity index (χ4n) is 1.88. The second-order valence-corrected chi connectivity index (χ2v) is 4.00. The number of nitrogens with zero attached hydrogens (tertiary/aromatic N) is 1. The number of fused-ring (bicyclic) bond motifs is 1. The molecule has 4 nitrogen and oxygen atoms in total. The largest absolute Gasteiger partial charge is 0.372 e. The van der Waals surface area contributed by atoms with Gasteiger partial charge in [0, 0.05) is 18.7 Å². The fraction of sp³-hybridized carbons (Fsp3) is 0.286. The van der Waals surface area contributed by atoms with Crippen molar-refractivity contribution in [2.75, 3.05) is 12.4 Å². The zero-order valence-electron chi connectivity index (χ0n) is 10.5. The molecular weight excluding hydrogens is 228 g/mol. The molecule has 0 unspecified atom stereocenters. The summed E-state index contributed by atoms with van der Waals surface area (Å²) < 4.78 is 5.11. The average Bonchev–Trinajstić information content (AvgIpc) is 2.40. The molecule has 0 radical (unpaired) electrons. The first-order valence-corrected chi connectivity index (χ1v) is 5.93. The summed E-state index contributed by atoms with van der Waals surface area (Å²) in [5, 5.41) is 3.86. The molecule has 4 heteroatoms. The van der Waals surface area contributed by atoms with Gasteiger partial charge in [-0.05, 0) is 18.6 Å². The van der Waals surface area contributed by atoms with Gasteiger partial charge in [0.05, 0.1) is 11.2 Å². The van der Waals surface area contributed by atoms with E-state index in [0.717, 1.165) is 10.9 Å². The Morgan fingerprint density at radius 2 is 2.17 bits per heavy atom. The number of carbonyl (C=O) groups is 1. The van der Waals surface area contributed by atoms with Gasteiger partial charge in [-0.2, -0.15) is 0 Å². The van der Waals surface area contributed by atoms with Crippen molar-refractivity contribution in [2.45, 2.75) is 19.4 Å². The number of methoxy groups -OCH3 is 1. The molecular formula is C14H16N2O2. The van der Waals surface area contributed by atoms with Crippen molar-refractivity contribution in [1.82, 2.24) is 4.98 Å². The highest BCUT2D eigenvalue weighted by Crippen LogP contribution is 2.21. The van der Waals surface area contributed by atoms with Gasteiger partial charge in [0.25, 0.3) is 5.91 Å². The summed E-state index contributed by atoms with van der Waals surface area (Å²) in [5.74, 6) is -0.141. The number of benzene rings is 1. The Balaban J connectivity index is 2.29. The van der Waals surface area contributed by atoms with Crippen molar-refractivity contribution < 1.29 is 9.53 Å². The zero-order chi connectivity index (χ0) is 13.0. The van der Waals surface area contributed by atoms with Gasteiger partial charge in [-0.3, -0.25) is 9.78 Å². The number of rotatable bonds is 4. The van der Waals surface area contributed by atoms with Crippen molar-refractivity contribution in [3.8, 4) is 0 Å². The molecule has 1 atom stereocenters. The lowest BCUT2D eigenvalue weighted by molar-refractivity contribution is -0.125. The lowest BCUT2D eigenvalue weighted by Gasteiger charge is -2.14. The number of ether oxygens (including phenoxy) is 1. The van der Waals surface area contributed by atoms with E-state index in [1.807, 2.05) is 37.3 Å². The quantitative estimate of drug-likeness (QED) is 0.899. The molecule has 1 amide bonds. The first-order valence-electron chi connectivity index (χ1n) is 5.93. The van der Waals surface area contributed by atoms with E-state index in [1.165, 1.54) is 7.11 Å². The normalized spacial score (nSPS) is 12.3. The van der Waals surface area contributed by atoms with Gasteiger partial charge >= 0.3 is 0 Å². The van der Waals surface area contributed by atoms with Crippen molar-refractivity contribution in [2.24, 2.45) is 0 Å². The van der Waals surface area contributed by atoms with E-state index in [9.17, 15) is 4.79 Å². The molecule has 18 heavy (non-hydrogen) atoms. The Hall–Kier alpha value is -1.94. The average molecular weight is 244 g/mol. The van der Waals surface area contributed by atoms with E-state index in [1.54, 1.807) is 6.20 Å². The molecule has 0 saturated heterocycles.